The number of carbonyl (C=O) groups is 3. The van der Waals surface area contributed by atoms with E-state index in [-0.39, 0.29) is 6.54 Å². The summed E-state index contributed by atoms with van der Waals surface area (Å²) in [5, 5.41) is 6.74. The fourth-order valence-corrected chi connectivity index (χ4v) is 3.58. The van der Waals surface area contributed by atoms with Crippen LogP contribution >= 0.6 is 11.3 Å². The third-order valence-corrected chi connectivity index (χ3v) is 4.99. The third-order valence-electron chi connectivity index (χ3n) is 4.31. The fraction of sp³-hybridized carbons (Fsp3) is 0.100. The quantitative estimate of drug-likeness (QED) is 0.694. The molecule has 3 aromatic rings. The lowest BCUT2D eigenvalue weighted by Gasteiger charge is -2.13. The number of amides is 3. The topological polar surface area (TPSA) is 79.4 Å². The van der Waals surface area contributed by atoms with E-state index in [4.69, 9.17) is 0 Å². The second kappa shape index (κ2) is 7.13. The molecule has 1 aliphatic rings. The number of carbonyl (C=O) groups excluding carboxylic acids is 3. The number of nitrogens with one attached hydrogen (secondary N) is 1. The first-order valence-corrected chi connectivity index (χ1v) is 9.27. The molecule has 0 unspecified atom stereocenters. The Bertz CT molecular complexity index is 995. The number of thiophene rings is 1. The number of imide groups is 1. The zero-order valence-electron chi connectivity index (χ0n) is 14.2. The van der Waals surface area contributed by atoms with E-state index >= 15 is 0 Å². The van der Waals surface area contributed by atoms with Crippen molar-refractivity contribution in [2.45, 2.75) is 6.54 Å². The van der Waals surface area contributed by atoms with Crippen LogP contribution in [0.2, 0.25) is 0 Å². The number of hydrogen-bond donors (Lipinski definition) is 1. The normalized spacial score (nSPS) is 13.0. The number of benzene rings is 1. The van der Waals surface area contributed by atoms with E-state index < -0.39 is 17.7 Å². The Morgan fingerprint density at radius 1 is 1.07 bits per heavy atom. The van der Waals surface area contributed by atoms with Gasteiger partial charge in [0.1, 0.15) is 6.54 Å². The molecule has 4 rings (SSSR count). The Hall–Kier alpha value is -3.32. The summed E-state index contributed by atoms with van der Waals surface area (Å²) in [5.74, 6) is -1.26. The first kappa shape index (κ1) is 17.1. The number of hydrogen-bond acceptors (Lipinski definition) is 5. The van der Waals surface area contributed by atoms with Gasteiger partial charge in [-0.3, -0.25) is 24.3 Å². The van der Waals surface area contributed by atoms with Gasteiger partial charge in [0.25, 0.3) is 11.8 Å². The van der Waals surface area contributed by atoms with Gasteiger partial charge in [0, 0.05) is 23.7 Å². The van der Waals surface area contributed by atoms with E-state index in [1.54, 1.807) is 41.8 Å². The minimum absolute atomic E-state index is 0.293. The highest BCUT2D eigenvalue weighted by molar-refractivity contribution is 7.08. The van der Waals surface area contributed by atoms with Crippen LogP contribution in [-0.4, -0.2) is 34.2 Å². The summed E-state index contributed by atoms with van der Waals surface area (Å²) in [6.07, 6.45) is 1.69. The Labute approximate surface area is 159 Å². The molecule has 0 saturated carbocycles. The van der Waals surface area contributed by atoms with Gasteiger partial charge in [-0.05, 0) is 41.3 Å². The maximum Gasteiger partial charge on any atom is 0.262 e. The zero-order valence-corrected chi connectivity index (χ0v) is 15.0. The molecule has 0 bridgehead atoms. The standard InChI is InChI=1S/C20H15N3O3S/c24-18(11-23-19(25)15-3-1-2-4-16(15)20(23)26)22-10-13-5-7-21-17(9-13)14-6-8-27-12-14/h1-9,12H,10-11H2,(H,22,24). The lowest BCUT2D eigenvalue weighted by atomic mass is 10.1. The summed E-state index contributed by atoms with van der Waals surface area (Å²) in [7, 11) is 0. The van der Waals surface area contributed by atoms with Crippen LogP contribution in [0.5, 0.6) is 0 Å². The van der Waals surface area contributed by atoms with Crippen molar-refractivity contribution in [3.05, 3.63) is 76.1 Å². The van der Waals surface area contributed by atoms with Crippen LogP contribution in [0.4, 0.5) is 0 Å². The second-order valence-electron chi connectivity index (χ2n) is 6.08. The van der Waals surface area contributed by atoms with Crippen molar-refractivity contribution in [2.75, 3.05) is 6.54 Å². The number of rotatable bonds is 5. The van der Waals surface area contributed by atoms with Gasteiger partial charge in [-0.1, -0.05) is 12.1 Å². The number of aromatic nitrogens is 1. The van der Waals surface area contributed by atoms with Crippen LogP contribution in [0.3, 0.4) is 0 Å². The van der Waals surface area contributed by atoms with Crippen LogP contribution in [0.25, 0.3) is 11.3 Å². The van der Waals surface area contributed by atoms with Gasteiger partial charge < -0.3 is 5.32 Å². The zero-order chi connectivity index (χ0) is 18.8. The molecule has 3 heterocycles. The molecule has 7 heteroatoms. The van der Waals surface area contributed by atoms with Crippen LogP contribution in [0.1, 0.15) is 26.3 Å². The average molecular weight is 377 g/mol. The molecule has 0 fully saturated rings. The largest absolute Gasteiger partial charge is 0.350 e. The summed E-state index contributed by atoms with van der Waals surface area (Å²) >= 11 is 1.59. The first-order valence-electron chi connectivity index (χ1n) is 8.33. The average Bonchev–Trinajstić information content (AvgIpc) is 3.31. The molecule has 6 nitrogen and oxygen atoms in total. The van der Waals surface area contributed by atoms with Crippen molar-refractivity contribution in [1.82, 2.24) is 15.2 Å². The number of nitrogens with zero attached hydrogens (tertiary/aromatic N) is 2. The molecule has 1 N–H and O–H groups in total. The molecule has 0 radical (unpaired) electrons. The molecule has 2 aromatic heterocycles. The van der Waals surface area contributed by atoms with Gasteiger partial charge in [-0.15, -0.1) is 0 Å². The molecule has 1 aliphatic heterocycles. The van der Waals surface area contributed by atoms with Gasteiger partial charge in [0.2, 0.25) is 5.91 Å². The van der Waals surface area contributed by atoms with E-state index in [0.29, 0.717) is 17.7 Å². The molecule has 27 heavy (non-hydrogen) atoms. The van der Waals surface area contributed by atoms with Gasteiger partial charge in [-0.2, -0.15) is 11.3 Å². The molecule has 134 valence electrons. The van der Waals surface area contributed by atoms with Crippen molar-refractivity contribution in [1.29, 1.82) is 0 Å². The lowest BCUT2D eigenvalue weighted by molar-refractivity contribution is -0.121. The lowest BCUT2D eigenvalue weighted by Crippen LogP contribution is -2.40. The minimum Gasteiger partial charge on any atom is -0.350 e. The van der Waals surface area contributed by atoms with E-state index in [2.05, 4.69) is 10.3 Å². The minimum atomic E-state index is -0.436. The van der Waals surface area contributed by atoms with Crippen molar-refractivity contribution < 1.29 is 14.4 Å². The SMILES string of the molecule is O=C(CN1C(=O)c2ccccc2C1=O)NCc1ccnc(-c2ccsc2)c1. The number of pyridine rings is 1. The Morgan fingerprint density at radius 3 is 2.48 bits per heavy atom. The summed E-state index contributed by atoms with van der Waals surface area (Å²) in [6.45, 7) is -0.00349. The molecule has 3 amide bonds. The molecule has 0 spiro atoms. The Morgan fingerprint density at radius 2 is 1.81 bits per heavy atom. The second-order valence-corrected chi connectivity index (χ2v) is 6.86. The summed E-state index contributed by atoms with van der Waals surface area (Å²) < 4.78 is 0. The van der Waals surface area contributed by atoms with E-state index in [1.807, 2.05) is 29.0 Å². The summed E-state index contributed by atoms with van der Waals surface area (Å²) in [6, 6.07) is 12.3. The highest BCUT2D eigenvalue weighted by Gasteiger charge is 2.36. The monoisotopic (exact) mass is 377 g/mol. The maximum absolute atomic E-state index is 12.3. The van der Waals surface area contributed by atoms with E-state index in [9.17, 15) is 14.4 Å². The molecular weight excluding hydrogens is 362 g/mol. The van der Waals surface area contributed by atoms with Gasteiger partial charge in [0.15, 0.2) is 0 Å². The predicted octanol–water partition coefficient (Wildman–Crippen LogP) is 2.72. The van der Waals surface area contributed by atoms with Gasteiger partial charge >= 0.3 is 0 Å². The molecule has 0 aliphatic carbocycles. The molecule has 1 aromatic carbocycles. The highest BCUT2D eigenvalue weighted by atomic mass is 32.1. The molecule has 0 saturated heterocycles. The first-order chi connectivity index (χ1) is 13.1. The Balaban J connectivity index is 1.39. The molecular formula is C20H15N3O3S. The molecule has 0 atom stereocenters. The van der Waals surface area contributed by atoms with Crippen LogP contribution in [0.15, 0.2) is 59.4 Å². The predicted molar refractivity (Wildman–Crippen MR) is 101 cm³/mol. The fourth-order valence-electron chi connectivity index (χ4n) is 2.94. The third kappa shape index (κ3) is 3.37. The van der Waals surface area contributed by atoms with Gasteiger partial charge in [-0.25, -0.2) is 0 Å². The summed E-state index contributed by atoms with van der Waals surface area (Å²) in [4.78, 5) is 42.2. The maximum atomic E-state index is 12.3. The smallest absolute Gasteiger partial charge is 0.262 e. The highest BCUT2D eigenvalue weighted by Crippen LogP contribution is 2.22. The van der Waals surface area contributed by atoms with Gasteiger partial charge in [0.05, 0.1) is 16.8 Å². The van der Waals surface area contributed by atoms with Crippen LogP contribution in [-0.2, 0) is 11.3 Å². The van der Waals surface area contributed by atoms with Crippen molar-refractivity contribution in [2.24, 2.45) is 0 Å². The Kier molecular flexibility index (Phi) is 4.52. The summed E-state index contributed by atoms with van der Waals surface area (Å²) in [5.41, 5.74) is 3.43. The van der Waals surface area contributed by atoms with Crippen molar-refractivity contribution >= 4 is 29.1 Å². The van der Waals surface area contributed by atoms with Crippen LogP contribution < -0.4 is 5.32 Å². The number of fused-ring (bicyclic) bond motifs is 1. The van der Waals surface area contributed by atoms with Crippen molar-refractivity contribution in [3.63, 3.8) is 0 Å². The van der Waals surface area contributed by atoms with E-state index in [1.165, 1.54) is 0 Å². The van der Waals surface area contributed by atoms with Crippen molar-refractivity contribution in [3.8, 4) is 11.3 Å². The van der Waals surface area contributed by atoms with E-state index in [0.717, 1.165) is 21.7 Å². The van der Waals surface area contributed by atoms with Crippen LogP contribution in [0, 0.1) is 0 Å².